The Morgan fingerprint density at radius 2 is 2.30 bits per heavy atom. The van der Waals surface area contributed by atoms with Crippen molar-refractivity contribution in [1.82, 2.24) is 9.88 Å². The smallest absolute Gasteiger partial charge is 0.292 e. The van der Waals surface area contributed by atoms with Gasteiger partial charge in [0.05, 0.1) is 11.7 Å². The largest absolute Gasteiger partial charge is 0.438 e. The Labute approximate surface area is 117 Å². The molecule has 3 rings (SSSR count). The van der Waals surface area contributed by atoms with Crippen LogP contribution in [0, 0.1) is 6.92 Å². The third-order valence-electron chi connectivity index (χ3n) is 3.84. The Kier molecular flexibility index (Phi) is 3.28. The highest BCUT2D eigenvalue weighted by atomic mass is 16.3. The minimum Gasteiger partial charge on any atom is -0.438 e. The molecule has 0 bridgehead atoms. The van der Waals surface area contributed by atoms with Gasteiger partial charge in [0.15, 0.2) is 6.39 Å². The predicted molar refractivity (Wildman–Crippen MR) is 74.2 cm³/mol. The van der Waals surface area contributed by atoms with Gasteiger partial charge in [-0.15, -0.1) is 0 Å². The molecule has 0 saturated carbocycles. The van der Waals surface area contributed by atoms with E-state index in [9.17, 15) is 4.79 Å². The molecule has 1 amide bonds. The van der Waals surface area contributed by atoms with Crippen LogP contribution in [0.2, 0.25) is 0 Å². The fourth-order valence-corrected chi connectivity index (χ4v) is 2.79. The molecule has 1 aromatic carbocycles. The van der Waals surface area contributed by atoms with Gasteiger partial charge in [-0.25, -0.2) is 4.98 Å². The summed E-state index contributed by atoms with van der Waals surface area (Å²) in [6, 6.07) is 8.04. The lowest BCUT2D eigenvalue weighted by Gasteiger charge is -2.36. The fourth-order valence-electron chi connectivity index (χ4n) is 2.79. The van der Waals surface area contributed by atoms with E-state index in [4.69, 9.17) is 10.2 Å². The summed E-state index contributed by atoms with van der Waals surface area (Å²) in [6.07, 6.45) is 2.14. The second kappa shape index (κ2) is 5.09. The van der Waals surface area contributed by atoms with Gasteiger partial charge < -0.3 is 15.1 Å². The zero-order chi connectivity index (χ0) is 14.1. The quantitative estimate of drug-likeness (QED) is 0.902. The molecule has 0 aliphatic carbocycles. The van der Waals surface area contributed by atoms with E-state index in [0.717, 1.165) is 12.0 Å². The van der Waals surface area contributed by atoms with E-state index >= 15 is 0 Å². The van der Waals surface area contributed by atoms with Gasteiger partial charge in [-0.05, 0) is 24.5 Å². The normalized spacial score (nSPS) is 17.9. The number of aromatic nitrogens is 1. The third kappa shape index (κ3) is 2.00. The van der Waals surface area contributed by atoms with Crippen LogP contribution >= 0.6 is 0 Å². The monoisotopic (exact) mass is 271 g/mol. The first-order valence-electron chi connectivity index (χ1n) is 6.71. The fraction of sp³-hybridized carbons (Fsp3) is 0.333. The summed E-state index contributed by atoms with van der Waals surface area (Å²) in [5, 5.41) is 0. The Morgan fingerprint density at radius 3 is 3.00 bits per heavy atom. The summed E-state index contributed by atoms with van der Waals surface area (Å²) in [5.74, 6) is 0.174. The van der Waals surface area contributed by atoms with Crippen LogP contribution in [0.25, 0.3) is 0 Å². The molecule has 2 aromatic rings. The lowest BCUT2D eigenvalue weighted by atomic mass is 9.92. The van der Waals surface area contributed by atoms with E-state index in [2.05, 4.69) is 11.1 Å². The highest BCUT2D eigenvalue weighted by Gasteiger charge is 2.32. The van der Waals surface area contributed by atoms with Gasteiger partial charge in [0.2, 0.25) is 5.76 Å². The first kappa shape index (κ1) is 12.9. The van der Waals surface area contributed by atoms with E-state index in [0.29, 0.717) is 24.5 Å². The van der Waals surface area contributed by atoms with Crippen molar-refractivity contribution in [2.45, 2.75) is 19.4 Å². The molecule has 1 aromatic heterocycles. The van der Waals surface area contributed by atoms with Gasteiger partial charge >= 0.3 is 0 Å². The molecule has 1 atom stereocenters. The highest BCUT2D eigenvalue weighted by Crippen LogP contribution is 2.30. The molecule has 0 radical (unpaired) electrons. The van der Waals surface area contributed by atoms with Crippen molar-refractivity contribution in [2.75, 3.05) is 13.1 Å². The molecule has 0 spiro atoms. The number of benzene rings is 1. The summed E-state index contributed by atoms with van der Waals surface area (Å²) >= 11 is 0. The number of carbonyl (C=O) groups is 1. The number of fused-ring (bicyclic) bond motifs is 1. The van der Waals surface area contributed by atoms with Gasteiger partial charge in [0.1, 0.15) is 0 Å². The first-order chi connectivity index (χ1) is 9.72. The van der Waals surface area contributed by atoms with Crippen molar-refractivity contribution in [3.63, 3.8) is 0 Å². The van der Waals surface area contributed by atoms with Crippen LogP contribution in [-0.4, -0.2) is 28.9 Å². The minimum absolute atomic E-state index is 0.100. The van der Waals surface area contributed by atoms with Crippen molar-refractivity contribution in [3.8, 4) is 0 Å². The highest BCUT2D eigenvalue weighted by molar-refractivity contribution is 5.92. The molecule has 20 heavy (non-hydrogen) atoms. The van der Waals surface area contributed by atoms with Crippen LogP contribution in [-0.2, 0) is 6.42 Å². The Morgan fingerprint density at radius 1 is 1.50 bits per heavy atom. The van der Waals surface area contributed by atoms with E-state index in [-0.39, 0.29) is 11.9 Å². The van der Waals surface area contributed by atoms with Crippen molar-refractivity contribution in [3.05, 3.63) is 53.2 Å². The average Bonchev–Trinajstić information content (AvgIpc) is 2.91. The molecule has 0 fully saturated rings. The number of carbonyl (C=O) groups excluding carboxylic acids is 1. The number of aryl methyl sites for hydroxylation is 1. The third-order valence-corrected chi connectivity index (χ3v) is 3.84. The lowest BCUT2D eigenvalue weighted by Crippen LogP contribution is -2.43. The Hall–Kier alpha value is -2.14. The maximum absolute atomic E-state index is 12.6. The number of amides is 1. The van der Waals surface area contributed by atoms with Crippen LogP contribution in [0.5, 0.6) is 0 Å². The summed E-state index contributed by atoms with van der Waals surface area (Å²) in [5.41, 5.74) is 8.91. The topological polar surface area (TPSA) is 72.4 Å². The minimum atomic E-state index is -0.134. The summed E-state index contributed by atoms with van der Waals surface area (Å²) in [6.45, 7) is 2.82. The van der Waals surface area contributed by atoms with E-state index < -0.39 is 0 Å². The van der Waals surface area contributed by atoms with Crippen LogP contribution in [0.1, 0.15) is 33.4 Å². The van der Waals surface area contributed by atoms with Crippen molar-refractivity contribution in [2.24, 2.45) is 5.73 Å². The summed E-state index contributed by atoms with van der Waals surface area (Å²) in [7, 11) is 0. The SMILES string of the molecule is Cc1ncoc1C(=O)N1CCc2ccccc2C1CN. The van der Waals surface area contributed by atoms with Gasteiger partial charge in [0.25, 0.3) is 5.91 Å². The van der Waals surface area contributed by atoms with Crippen LogP contribution in [0.4, 0.5) is 0 Å². The number of nitrogens with zero attached hydrogens (tertiary/aromatic N) is 2. The van der Waals surface area contributed by atoms with Crippen molar-refractivity contribution < 1.29 is 9.21 Å². The molecule has 104 valence electrons. The second-order valence-corrected chi connectivity index (χ2v) is 4.97. The lowest BCUT2D eigenvalue weighted by molar-refractivity contribution is 0.0634. The van der Waals surface area contributed by atoms with Gasteiger partial charge in [-0.3, -0.25) is 4.79 Å². The zero-order valence-corrected chi connectivity index (χ0v) is 11.4. The maximum atomic E-state index is 12.6. The van der Waals surface area contributed by atoms with E-state index in [1.165, 1.54) is 12.0 Å². The predicted octanol–water partition coefficient (Wildman–Crippen LogP) is 1.68. The number of oxazole rings is 1. The molecule has 2 heterocycles. The number of nitrogens with two attached hydrogens (primary N) is 1. The number of hydrogen-bond acceptors (Lipinski definition) is 4. The number of hydrogen-bond donors (Lipinski definition) is 1. The van der Waals surface area contributed by atoms with Gasteiger partial charge in [-0.1, -0.05) is 24.3 Å². The molecular weight excluding hydrogens is 254 g/mol. The molecular formula is C15H17N3O2. The van der Waals surface area contributed by atoms with Crippen LogP contribution in [0.3, 0.4) is 0 Å². The average molecular weight is 271 g/mol. The summed E-state index contributed by atoms with van der Waals surface area (Å²) < 4.78 is 5.22. The van der Waals surface area contributed by atoms with Crippen LogP contribution < -0.4 is 5.73 Å². The summed E-state index contributed by atoms with van der Waals surface area (Å²) in [4.78, 5) is 18.4. The van der Waals surface area contributed by atoms with E-state index in [1.54, 1.807) is 11.8 Å². The second-order valence-electron chi connectivity index (χ2n) is 4.97. The molecule has 1 aliphatic rings. The maximum Gasteiger partial charge on any atom is 0.292 e. The molecule has 0 saturated heterocycles. The Balaban J connectivity index is 1.96. The Bertz CT molecular complexity index is 636. The molecule has 2 N–H and O–H groups in total. The van der Waals surface area contributed by atoms with Crippen LogP contribution in [0.15, 0.2) is 35.1 Å². The van der Waals surface area contributed by atoms with E-state index in [1.807, 2.05) is 18.2 Å². The number of rotatable bonds is 2. The molecule has 1 unspecified atom stereocenters. The van der Waals surface area contributed by atoms with Gasteiger partial charge in [0, 0.05) is 13.1 Å². The van der Waals surface area contributed by atoms with Crippen molar-refractivity contribution >= 4 is 5.91 Å². The zero-order valence-electron chi connectivity index (χ0n) is 11.4. The van der Waals surface area contributed by atoms with Crippen molar-refractivity contribution in [1.29, 1.82) is 0 Å². The van der Waals surface area contributed by atoms with Gasteiger partial charge in [-0.2, -0.15) is 0 Å². The molecule has 1 aliphatic heterocycles. The molecule has 5 nitrogen and oxygen atoms in total. The molecule has 5 heteroatoms. The first-order valence-corrected chi connectivity index (χ1v) is 6.71. The standard InChI is InChI=1S/C15H17N3O2/c1-10-14(20-9-17-10)15(19)18-7-6-11-4-2-3-5-12(11)13(18)8-16/h2-5,9,13H,6-8,16H2,1H3.